The smallest absolute Gasteiger partial charge is 0.312 e. The van der Waals surface area contributed by atoms with Crippen LogP contribution in [0.3, 0.4) is 0 Å². The Hall–Kier alpha value is -2.18. The van der Waals surface area contributed by atoms with Gasteiger partial charge in [-0.1, -0.05) is 0 Å². The van der Waals surface area contributed by atoms with E-state index in [0.717, 1.165) is 5.56 Å². The Morgan fingerprint density at radius 2 is 1.75 bits per heavy atom. The van der Waals surface area contributed by atoms with Crippen LogP contribution in [0.4, 0.5) is 5.82 Å². The maximum absolute atomic E-state index is 11.5. The number of hydrogen-bond acceptors (Lipinski definition) is 5. The molecule has 7 nitrogen and oxygen atoms in total. The van der Waals surface area contributed by atoms with E-state index in [1.54, 1.807) is 18.0 Å². The zero-order chi connectivity index (χ0) is 14.7. The lowest BCUT2D eigenvalue weighted by Gasteiger charge is -2.22. The van der Waals surface area contributed by atoms with Crippen LogP contribution in [0, 0.1) is 24.7 Å². The lowest BCUT2D eigenvalue weighted by Crippen LogP contribution is -2.30. The van der Waals surface area contributed by atoms with Crippen molar-refractivity contribution in [2.75, 3.05) is 18.0 Å². The number of piperidine rings is 1. The number of carbonyl (C=O) groups is 2. The van der Waals surface area contributed by atoms with E-state index in [0.29, 0.717) is 11.6 Å². The third-order valence-corrected chi connectivity index (χ3v) is 4.50. The van der Waals surface area contributed by atoms with Crippen LogP contribution in [0.15, 0.2) is 6.20 Å². The van der Waals surface area contributed by atoms with Crippen molar-refractivity contribution in [2.45, 2.75) is 20.3 Å². The van der Waals surface area contributed by atoms with Gasteiger partial charge in [-0.05, 0) is 20.3 Å². The van der Waals surface area contributed by atoms with Gasteiger partial charge in [0.2, 0.25) is 0 Å². The molecule has 2 aliphatic rings. The molecule has 2 heterocycles. The van der Waals surface area contributed by atoms with Crippen LogP contribution in [0.25, 0.3) is 0 Å². The third-order valence-electron chi connectivity index (χ3n) is 4.50. The molecule has 0 aromatic carbocycles. The molecule has 0 spiro atoms. The fourth-order valence-electron chi connectivity index (χ4n) is 3.28. The van der Waals surface area contributed by atoms with E-state index in [-0.39, 0.29) is 19.5 Å². The zero-order valence-corrected chi connectivity index (χ0v) is 11.3. The van der Waals surface area contributed by atoms with Gasteiger partial charge < -0.3 is 15.1 Å². The van der Waals surface area contributed by atoms with Crippen molar-refractivity contribution in [3.05, 3.63) is 17.6 Å². The number of aromatic nitrogens is 2. The van der Waals surface area contributed by atoms with Crippen LogP contribution < -0.4 is 4.90 Å². The van der Waals surface area contributed by atoms with Crippen molar-refractivity contribution in [3.8, 4) is 0 Å². The molecule has 1 saturated carbocycles. The Bertz CT molecular complexity index is 604. The normalized spacial score (nSPS) is 31.0. The van der Waals surface area contributed by atoms with E-state index in [2.05, 4.69) is 9.97 Å². The molecule has 0 amide bonds. The Morgan fingerprint density at radius 1 is 1.20 bits per heavy atom. The standard InChI is InChI=1S/C13H15N3O4/c1-7-3-14-8(2)15-9(7)16-5-12(10(17)18)4-13(12,6-16)11(19)20/h3H,4-6H2,1-2H3,(H,17,18)(H,19,20)/t12-,13+. The molecule has 3 rings (SSSR count). The molecule has 0 bridgehead atoms. The van der Waals surface area contributed by atoms with Gasteiger partial charge in [0.25, 0.3) is 0 Å². The summed E-state index contributed by atoms with van der Waals surface area (Å²) in [6, 6.07) is 0. The fraction of sp³-hybridized carbons (Fsp3) is 0.538. The van der Waals surface area contributed by atoms with Crippen LogP contribution >= 0.6 is 0 Å². The molecule has 2 atom stereocenters. The number of aliphatic carboxylic acids is 2. The molecule has 20 heavy (non-hydrogen) atoms. The highest BCUT2D eigenvalue weighted by molar-refractivity contribution is 5.95. The Morgan fingerprint density at radius 3 is 2.25 bits per heavy atom. The summed E-state index contributed by atoms with van der Waals surface area (Å²) in [6.07, 6.45) is 1.87. The summed E-state index contributed by atoms with van der Waals surface area (Å²) in [6.45, 7) is 3.96. The van der Waals surface area contributed by atoms with Gasteiger partial charge in [-0.25, -0.2) is 9.97 Å². The van der Waals surface area contributed by atoms with Gasteiger partial charge in [-0.3, -0.25) is 9.59 Å². The topological polar surface area (TPSA) is 104 Å². The second-order valence-corrected chi connectivity index (χ2v) is 5.73. The maximum Gasteiger partial charge on any atom is 0.312 e. The van der Waals surface area contributed by atoms with Crippen LogP contribution in [-0.2, 0) is 9.59 Å². The minimum absolute atomic E-state index is 0.186. The molecule has 1 aliphatic carbocycles. The fourth-order valence-corrected chi connectivity index (χ4v) is 3.28. The van der Waals surface area contributed by atoms with Gasteiger partial charge >= 0.3 is 11.9 Å². The first kappa shape index (κ1) is 12.8. The molecule has 106 valence electrons. The summed E-state index contributed by atoms with van der Waals surface area (Å²) in [5.74, 6) is -0.859. The number of carboxylic acid groups (broad SMARTS) is 2. The average molecular weight is 277 g/mol. The van der Waals surface area contributed by atoms with Crippen molar-refractivity contribution in [2.24, 2.45) is 10.8 Å². The molecular formula is C13H15N3O4. The Balaban J connectivity index is 1.99. The second kappa shape index (κ2) is 3.68. The van der Waals surface area contributed by atoms with Crippen molar-refractivity contribution in [1.82, 2.24) is 9.97 Å². The first-order valence-corrected chi connectivity index (χ1v) is 6.34. The molecule has 2 N–H and O–H groups in total. The first-order valence-electron chi connectivity index (χ1n) is 6.34. The van der Waals surface area contributed by atoms with Crippen LogP contribution in [-0.4, -0.2) is 45.2 Å². The lowest BCUT2D eigenvalue weighted by atomic mass is 9.97. The molecule has 1 aromatic rings. The number of carboxylic acids is 2. The van der Waals surface area contributed by atoms with Gasteiger partial charge in [-0.15, -0.1) is 0 Å². The van der Waals surface area contributed by atoms with Gasteiger partial charge in [0.05, 0.1) is 0 Å². The monoisotopic (exact) mass is 277 g/mol. The highest BCUT2D eigenvalue weighted by Gasteiger charge is 2.81. The number of anilines is 1. The average Bonchev–Trinajstić information content (AvgIpc) is 2.92. The number of hydrogen-bond donors (Lipinski definition) is 2. The van der Waals surface area contributed by atoms with Crippen molar-refractivity contribution in [3.63, 3.8) is 0 Å². The van der Waals surface area contributed by atoms with Crippen LogP contribution in [0.2, 0.25) is 0 Å². The molecular weight excluding hydrogens is 262 g/mol. The molecule has 0 unspecified atom stereocenters. The highest BCUT2D eigenvalue weighted by atomic mass is 16.4. The van der Waals surface area contributed by atoms with E-state index < -0.39 is 22.8 Å². The van der Waals surface area contributed by atoms with E-state index in [1.807, 2.05) is 6.92 Å². The summed E-state index contributed by atoms with van der Waals surface area (Å²) in [5.41, 5.74) is -1.54. The summed E-state index contributed by atoms with van der Waals surface area (Å²) < 4.78 is 0. The predicted octanol–water partition coefficient (Wildman–Crippen LogP) is 0.459. The minimum Gasteiger partial charge on any atom is -0.481 e. The van der Waals surface area contributed by atoms with E-state index >= 15 is 0 Å². The van der Waals surface area contributed by atoms with Crippen molar-refractivity contribution in [1.29, 1.82) is 0 Å². The number of aryl methyl sites for hydroxylation is 2. The molecule has 1 aromatic heterocycles. The van der Waals surface area contributed by atoms with Gasteiger partial charge in [-0.2, -0.15) is 0 Å². The largest absolute Gasteiger partial charge is 0.481 e. The molecule has 7 heteroatoms. The minimum atomic E-state index is -1.18. The SMILES string of the molecule is Cc1ncc(C)c(N2C[C@@]3(C(=O)O)C[C@@]3(C(=O)O)C2)n1. The van der Waals surface area contributed by atoms with Crippen LogP contribution in [0.5, 0.6) is 0 Å². The van der Waals surface area contributed by atoms with Crippen LogP contribution in [0.1, 0.15) is 17.8 Å². The van der Waals surface area contributed by atoms with Gasteiger partial charge in [0, 0.05) is 24.8 Å². The molecule has 1 aliphatic heterocycles. The number of rotatable bonds is 3. The van der Waals surface area contributed by atoms with E-state index in [9.17, 15) is 19.8 Å². The highest BCUT2D eigenvalue weighted by Crippen LogP contribution is 2.68. The molecule has 1 saturated heterocycles. The zero-order valence-electron chi connectivity index (χ0n) is 11.3. The molecule has 2 fully saturated rings. The summed E-state index contributed by atoms with van der Waals surface area (Å²) in [4.78, 5) is 33.1. The van der Waals surface area contributed by atoms with Gasteiger partial charge in [0.15, 0.2) is 0 Å². The van der Waals surface area contributed by atoms with E-state index in [4.69, 9.17) is 0 Å². The second-order valence-electron chi connectivity index (χ2n) is 5.73. The van der Waals surface area contributed by atoms with Crippen molar-refractivity contribution >= 4 is 17.8 Å². The van der Waals surface area contributed by atoms with E-state index in [1.165, 1.54) is 0 Å². The summed E-state index contributed by atoms with van der Waals surface area (Å²) in [7, 11) is 0. The summed E-state index contributed by atoms with van der Waals surface area (Å²) >= 11 is 0. The third kappa shape index (κ3) is 1.40. The quantitative estimate of drug-likeness (QED) is 0.827. The maximum atomic E-state index is 11.5. The first-order chi connectivity index (χ1) is 9.32. The summed E-state index contributed by atoms with van der Waals surface area (Å²) in [5, 5.41) is 18.8. The number of fused-ring (bicyclic) bond motifs is 1. The predicted molar refractivity (Wildman–Crippen MR) is 68.5 cm³/mol. The molecule has 0 radical (unpaired) electrons. The Kier molecular flexibility index (Phi) is 2.36. The number of nitrogens with zero attached hydrogens (tertiary/aromatic N) is 3. The van der Waals surface area contributed by atoms with Gasteiger partial charge in [0.1, 0.15) is 22.5 Å². The lowest BCUT2D eigenvalue weighted by molar-refractivity contribution is -0.151. The van der Waals surface area contributed by atoms with Crippen molar-refractivity contribution < 1.29 is 19.8 Å². The Labute approximate surface area is 115 Å².